The minimum Gasteiger partial charge on any atom is -0.489 e. The molecule has 1 saturated carbocycles. The van der Waals surface area contributed by atoms with Crippen molar-refractivity contribution in [1.29, 1.82) is 0 Å². The first-order valence-electron chi connectivity index (χ1n) is 15.7. The van der Waals surface area contributed by atoms with Crippen LogP contribution in [0.25, 0.3) is 0 Å². The smallest absolute Gasteiger partial charge is 0.235 e. The van der Waals surface area contributed by atoms with Crippen molar-refractivity contribution in [3.8, 4) is 5.75 Å². The van der Waals surface area contributed by atoms with E-state index < -0.39 is 41.0 Å². The number of Topliss-reactive ketones (excluding diaryl/α,β-unsaturated/α-hetero) is 1. The second-order valence-corrected chi connectivity index (χ2v) is 13.8. The molecule has 8 heteroatoms. The number of aliphatic hydroxyl groups is 1. The second-order valence-electron chi connectivity index (χ2n) is 12.9. The first kappa shape index (κ1) is 34.1. The fourth-order valence-electron chi connectivity index (χ4n) is 6.42. The van der Waals surface area contributed by atoms with Gasteiger partial charge in [-0.2, -0.15) is 0 Å². The van der Waals surface area contributed by atoms with Crippen LogP contribution in [0, 0.1) is 46.5 Å². The molecule has 1 fully saturated rings. The molecule has 4 atom stereocenters. The number of hydrogen-bond donors (Lipinski definition) is 3. The zero-order valence-electron chi connectivity index (χ0n) is 27.6. The highest BCUT2D eigenvalue weighted by Gasteiger charge is 2.56. The van der Waals surface area contributed by atoms with Crippen LogP contribution in [0.5, 0.6) is 5.75 Å². The second kappa shape index (κ2) is 13.8. The van der Waals surface area contributed by atoms with Crippen molar-refractivity contribution >= 4 is 44.9 Å². The molecular formula is C39H41BrN2O5. The van der Waals surface area contributed by atoms with Gasteiger partial charge in [0.2, 0.25) is 11.8 Å². The molecule has 244 valence electrons. The summed E-state index contributed by atoms with van der Waals surface area (Å²) in [6.45, 7) is 11.5. The van der Waals surface area contributed by atoms with Gasteiger partial charge in [-0.05, 0) is 99.7 Å². The molecule has 4 aromatic rings. The molecule has 4 unspecified atom stereocenters. The van der Waals surface area contributed by atoms with E-state index in [1.165, 1.54) is 6.92 Å². The molecule has 0 bridgehead atoms. The molecule has 1 aliphatic carbocycles. The molecule has 0 saturated heterocycles. The number of rotatable bonds is 8. The van der Waals surface area contributed by atoms with E-state index in [9.17, 15) is 19.5 Å². The fraction of sp³-hybridized carbons (Fsp3) is 0.308. The highest BCUT2D eigenvalue weighted by molar-refractivity contribution is 9.10. The lowest BCUT2D eigenvalue weighted by Gasteiger charge is -2.45. The number of hydrogen-bond acceptors (Lipinski definition) is 5. The zero-order chi connectivity index (χ0) is 34.0. The highest BCUT2D eigenvalue weighted by Crippen LogP contribution is 2.49. The number of anilines is 2. The lowest BCUT2D eigenvalue weighted by atomic mass is 9.61. The molecule has 3 N–H and O–H groups in total. The molecular weight excluding hydrogens is 656 g/mol. The standard InChI is InChI=1S/C39H41BrN2O5/c1-22-13-15-27(16-14-22)21-47-33-18-17-28(40)19-29(33)34-35(37(44)41-30-11-7-9-23(2)25(30)4)32(43)20-39(6,46)36(34)38(45)42-31-12-8-10-24(3)26(31)5/h7-19,34-36,46H,20-21H2,1-6H3,(H,41,44)(H,42,45). The van der Waals surface area contributed by atoms with Crippen molar-refractivity contribution in [2.24, 2.45) is 11.8 Å². The summed E-state index contributed by atoms with van der Waals surface area (Å²) in [6, 6.07) is 24.5. The number of ketones is 1. The summed E-state index contributed by atoms with van der Waals surface area (Å²) in [5.41, 5.74) is 5.69. The average Bonchev–Trinajstić information content (AvgIpc) is 3.01. The van der Waals surface area contributed by atoms with E-state index in [1.807, 2.05) is 89.2 Å². The van der Waals surface area contributed by atoms with Gasteiger partial charge in [0, 0.05) is 33.7 Å². The quantitative estimate of drug-likeness (QED) is 0.163. The van der Waals surface area contributed by atoms with E-state index >= 15 is 0 Å². The van der Waals surface area contributed by atoms with Gasteiger partial charge in [-0.15, -0.1) is 0 Å². The number of benzene rings is 4. The van der Waals surface area contributed by atoms with Gasteiger partial charge < -0.3 is 20.5 Å². The Morgan fingerprint density at radius 1 is 0.851 bits per heavy atom. The number of nitrogens with one attached hydrogen (secondary N) is 2. The van der Waals surface area contributed by atoms with Crippen LogP contribution < -0.4 is 15.4 Å². The van der Waals surface area contributed by atoms with Crippen LogP contribution in [0.15, 0.2) is 83.3 Å². The summed E-state index contributed by atoms with van der Waals surface area (Å²) in [4.78, 5) is 42.7. The SMILES string of the molecule is Cc1ccc(COc2ccc(Br)cc2C2C(C(=O)Nc3cccc(C)c3C)C(=O)CC(C)(O)C2C(=O)Nc2cccc(C)c2C)cc1. The van der Waals surface area contributed by atoms with E-state index in [4.69, 9.17) is 4.74 Å². The predicted octanol–water partition coefficient (Wildman–Crippen LogP) is 7.89. The molecule has 4 aromatic carbocycles. The Labute approximate surface area is 284 Å². The maximum absolute atomic E-state index is 14.4. The van der Waals surface area contributed by atoms with Gasteiger partial charge in [-0.1, -0.05) is 70.0 Å². The highest BCUT2D eigenvalue weighted by atomic mass is 79.9. The number of carbonyl (C=O) groups is 3. The Kier molecular flexibility index (Phi) is 10.0. The van der Waals surface area contributed by atoms with Crippen molar-refractivity contribution in [3.05, 3.63) is 122 Å². The van der Waals surface area contributed by atoms with Crippen molar-refractivity contribution in [2.45, 2.75) is 66.1 Å². The summed E-state index contributed by atoms with van der Waals surface area (Å²) in [5.74, 6) is -4.62. The first-order chi connectivity index (χ1) is 22.3. The molecule has 47 heavy (non-hydrogen) atoms. The molecule has 0 radical (unpaired) electrons. The van der Waals surface area contributed by atoms with Crippen LogP contribution in [0.1, 0.15) is 58.2 Å². The Balaban J connectivity index is 1.63. The number of amides is 2. The lowest BCUT2D eigenvalue weighted by Crippen LogP contribution is -2.56. The van der Waals surface area contributed by atoms with Crippen molar-refractivity contribution in [3.63, 3.8) is 0 Å². The minimum absolute atomic E-state index is 0.227. The van der Waals surface area contributed by atoms with Crippen LogP contribution in [-0.4, -0.2) is 28.3 Å². The number of ether oxygens (including phenoxy) is 1. The fourth-order valence-corrected chi connectivity index (χ4v) is 6.80. The summed E-state index contributed by atoms with van der Waals surface area (Å²) >= 11 is 3.56. The maximum atomic E-state index is 14.4. The molecule has 1 aliphatic rings. The van der Waals surface area contributed by atoms with Crippen molar-refractivity contribution in [2.75, 3.05) is 10.6 Å². The van der Waals surface area contributed by atoms with Gasteiger partial charge in [-0.25, -0.2) is 0 Å². The Morgan fingerprint density at radius 2 is 1.43 bits per heavy atom. The molecule has 0 spiro atoms. The minimum atomic E-state index is -1.77. The topological polar surface area (TPSA) is 105 Å². The monoisotopic (exact) mass is 696 g/mol. The van der Waals surface area contributed by atoms with Crippen LogP contribution in [-0.2, 0) is 21.0 Å². The molecule has 0 aliphatic heterocycles. The van der Waals surface area contributed by atoms with E-state index in [-0.39, 0.29) is 13.0 Å². The van der Waals surface area contributed by atoms with E-state index in [0.29, 0.717) is 27.2 Å². The molecule has 5 rings (SSSR count). The third-order valence-corrected chi connectivity index (χ3v) is 9.90. The van der Waals surface area contributed by atoms with Crippen molar-refractivity contribution in [1.82, 2.24) is 0 Å². The lowest BCUT2D eigenvalue weighted by molar-refractivity contribution is -0.150. The summed E-state index contributed by atoms with van der Waals surface area (Å²) in [6.07, 6.45) is -0.368. The van der Waals surface area contributed by atoms with Gasteiger partial charge in [0.1, 0.15) is 24.1 Å². The van der Waals surface area contributed by atoms with E-state index in [0.717, 1.165) is 33.4 Å². The van der Waals surface area contributed by atoms with Crippen LogP contribution in [0.2, 0.25) is 0 Å². The zero-order valence-corrected chi connectivity index (χ0v) is 29.2. The van der Waals surface area contributed by atoms with Crippen LogP contribution in [0.3, 0.4) is 0 Å². The van der Waals surface area contributed by atoms with Crippen molar-refractivity contribution < 1.29 is 24.2 Å². The predicted molar refractivity (Wildman–Crippen MR) is 189 cm³/mol. The largest absolute Gasteiger partial charge is 0.489 e. The molecule has 0 aromatic heterocycles. The Morgan fingerprint density at radius 3 is 2.02 bits per heavy atom. The first-order valence-corrected chi connectivity index (χ1v) is 16.5. The van der Waals surface area contributed by atoms with Gasteiger partial charge in [0.15, 0.2) is 0 Å². The molecule has 2 amide bonds. The van der Waals surface area contributed by atoms with E-state index in [2.05, 4.69) is 26.6 Å². The van der Waals surface area contributed by atoms with Gasteiger partial charge >= 0.3 is 0 Å². The maximum Gasteiger partial charge on any atom is 0.235 e. The molecule has 0 heterocycles. The number of carbonyl (C=O) groups excluding carboxylic acids is 3. The van der Waals surface area contributed by atoms with Gasteiger partial charge in [0.25, 0.3) is 0 Å². The summed E-state index contributed by atoms with van der Waals surface area (Å²) in [5, 5.41) is 17.9. The van der Waals surface area contributed by atoms with Gasteiger partial charge in [-0.3, -0.25) is 14.4 Å². The third kappa shape index (κ3) is 7.34. The van der Waals surface area contributed by atoms with Gasteiger partial charge in [0.05, 0.1) is 11.5 Å². The van der Waals surface area contributed by atoms with Crippen LogP contribution >= 0.6 is 15.9 Å². The summed E-state index contributed by atoms with van der Waals surface area (Å²) < 4.78 is 7.04. The Hall–Kier alpha value is -4.27. The molecule has 7 nitrogen and oxygen atoms in total. The summed E-state index contributed by atoms with van der Waals surface area (Å²) in [7, 11) is 0. The number of aryl methyl sites for hydroxylation is 3. The average molecular weight is 698 g/mol. The van der Waals surface area contributed by atoms with Crippen LogP contribution in [0.4, 0.5) is 11.4 Å². The third-order valence-electron chi connectivity index (χ3n) is 9.40. The van der Waals surface area contributed by atoms with E-state index in [1.54, 1.807) is 24.3 Å². The Bertz CT molecular complexity index is 1830. The normalized spacial score (nSPS) is 20.9. The number of halogens is 1.